The molecule has 0 unspecified atom stereocenters. The van der Waals surface area contributed by atoms with Crippen LogP contribution in [0.15, 0.2) is 24.3 Å². The molecule has 2 aromatic rings. The molecular weight excluding hydrogens is 240 g/mol. The highest BCUT2D eigenvalue weighted by Crippen LogP contribution is 2.29. The van der Waals surface area contributed by atoms with Crippen molar-refractivity contribution in [2.45, 2.75) is 12.5 Å². The number of hydrogen-bond acceptors (Lipinski definition) is 2. The zero-order chi connectivity index (χ0) is 13.3. The lowest BCUT2D eigenvalue weighted by Gasteiger charge is -2.05. The van der Waals surface area contributed by atoms with Gasteiger partial charge in [0.05, 0.1) is 0 Å². The maximum atomic E-state index is 10.8. The number of carboxylic acid groups (broad SMARTS) is 1. The molecule has 5 heteroatoms. The van der Waals surface area contributed by atoms with E-state index in [4.69, 9.17) is 23.8 Å². The summed E-state index contributed by atoms with van der Waals surface area (Å²) < 4.78 is 9.10. The summed E-state index contributed by atoms with van der Waals surface area (Å²) in [5.41, 5.74) is 7.06. The molecule has 2 rings (SSSR count). The van der Waals surface area contributed by atoms with Crippen LogP contribution in [-0.4, -0.2) is 21.7 Å². The number of carbonyl (C=O) groups is 1. The Morgan fingerprint density at radius 3 is 3.00 bits per heavy atom. The van der Waals surface area contributed by atoms with Crippen molar-refractivity contribution in [3.05, 3.63) is 35.0 Å². The zero-order valence-electron chi connectivity index (χ0n) is 10.1. The zero-order valence-corrected chi connectivity index (χ0v) is 9.81. The van der Waals surface area contributed by atoms with E-state index in [1.54, 1.807) is 4.57 Å². The number of rotatable bonds is 3. The molecule has 17 heavy (non-hydrogen) atoms. The molecule has 0 saturated carbocycles. The lowest BCUT2D eigenvalue weighted by Crippen LogP contribution is -2.32. The van der Waals surface area contributed by atoms with Crippen LogP contribution in [0.25, 0.3) is 10.9 Å². The van der Waals surface area contributed by atoms with Crippen LogP contribution in [0.4, 0.5) is 0 Å². The third-order valence-electron chi connectivity index (χ3n) is 2.75. The summed E-state index contributed by atoms with van der Waals surface area (Å²) in [5.74, 6) is -1.06. The van der Waals surface area contributed by atoms with Gasteiger partial charge in [-0.05, 0) is 11.6 Å². The SMILES string of the molecule is [2H]Cn1c(Cl)c(C[C@H](N)C(=O)O)c2ccccc21. The van der Waals surface area contributed by atoms with Gasteiger partial charge in [0.2, 0.25) is 0 Å². The summed E-state index contributed by atoms with van der Waals surface area (Å²) in [6.07, 6.45) is 0.154. The number of fused-ring (bicyclic) bond motifs is 1. The molecule has 0 aliphatic heterocycles. The molecule has 1 aromatic heterocycles. The predicted molar refractivity (Wildman–Crippen MR) is 67.2 cm³/mol. The molecule has 1 atom stereocenters. The molecule has 0 radical (unpaired) electrons. The Bertz CT molecular complexity index is 597. The molecule has 0 saturated heterocycles. The number of hydrogen-bond donors (Lipinski definition) is 2. The summed E-state index contributed by atoms with van der Waals surface area (Å²) in [5, 5.41) is 10.1. The van der Waals surface area contributed by atoms with Crippen LogP contribution in [0.2, 0.25) is 5.15 Å². The fourth-order valence-corrected chi connectivity index (χ4v) is 2.12. The van der Waals surface area contributed by atoms with Crippen molar-refractivity contribution >= 4 is 28.5 Å². The van der Waals surface area contributed by atoms with Crippen LogP contribution in [0.3, 0.4) is 0 Å². The molecule has 1 heterocycles. The van der Waals surface area contributed by atoms with E-state index in [9.17, 15) is 4.79 Å². The van der Waals surface area contributed by atoms with Crippen LogP contribution in [0.5, 0.6) is 0 Å². The van der Waals surface area contributed by atoms with Crippen molar-refractivity contribution in [1.29, 1.82) is 0 Å². The molecule has 0 aliphatic carbocycles. The molecular formula is C12H13ClN2O2. The minimum Gasteiger partial charge on any atom is -0.480 e. The second-order valence-corrected chi connectivity index (χ2v) is 4.22. The molecule has 4 nitrogen and oxygen atoms in total. The number of benzene rings is 1. The van der Waals surface area contributed by atoms with Crippen molar-refractivity contribution in [3.63, 3.8) is 0 Å². The van der Waals surface area contributed by atoms with Gasteiger partial charge in [-0.3, -0.25) is 4.79 Å². The van der Waals surface area contributed by atoms with E-state index < -0.39 is 12.0 Å². The Morgan fingerprint density at radius 1 is 1.65 bits per heavy atom. The normalized spacial score (nSPS) is 13.6. The fourth-order valence-electron chi connectivity index (χ4n) is 1.85. The number of aryl methyl sites for hydroxylation is 1. The highest BCUT2D eigenvalue weighted by Gasteiger charge is 2.19. The summed E-state index contributed by atoms with van der Waals surface area (Å²) in [7, 11) is -0.0122. The minimum absolute atomic E-state index is 0.0122. The molecule has 0 aliphatic rings. The van der Waals surface area contributed by atoms with Crippen molar-refractivity contribution < 1.29 is 11.3 Å². The first-order valence-corrected chi connectivity index (χ1v) is 5.47. The molecule has 90 valence electrons. The van der Waals surface area contributed by atoms with Crippen molar-refractivity contribution in [3.8, 4) is 0 Å². The lowest BCUT2D eigenvalue weighted by atomic mass is 10.1. The largest absolute Gasteiger partial charge is 0.480 e. The second kappa shape index (κ2) is 4.39. The maximum absolute atomic E-state index is 10.8. The van der Waals surface area contributed by atoms with E-state index in [2.05, 4.69) is 0 Å². The van der Waals surface area contributed by atoms with E-state index in [1.165, 1.54) is 0 Å². The van der Waals surface area contributed by atoms with Gasteiger partial charge in [-0.2, -0.15) is 0 Å². The van der Waals surface area contributed by atoms with Crippen LogP contribution in [0, 0.1) is 0 Å². The van der Waals surface area contributed by atoms with Crippen molar-refractivity contribution in [2.24, 2.45) is 12.8 Å². The van der Waals surface area contributed by atoms with E-state index in [0.29, 0.717) is 10.7 Å². The van der Waals surface area contributed by atoms with E-state index in [1.807, 2.05) is 24.3 Å². The number of carboxylic acids is 1. The van der Waals surface area contributed by atoms with Crippen molar-refractivity contribution in [2.75, 3.05) is 0 Å². The van der Waals surface area contributed by atoms with Gasteiger partial charge in [-0.1, -0.05) is 29.8 Å². The maximum Gasteiger partial charge on any atom is 0.320 e. The average molecular weight is 254 g/mol. The fraction of sp³-hybridized carbons (Fsp3) is 0.250. The summed E-state index contributed by atoms with van der Waals surface area (Å²) in [6, 6.07) is 6.42. The van der Waals surface area contributed by atoms with E-state index in [0.717, 1.165) is 10.9 Å². The predicted octanol–water partition coefficient (Wildman–Crippen LogP) is 1.79. The van der Waals surface area contributed by atoms with E-state index in [-0.39, 0.29) is 13.4 Å². The quantitative estimate of drug-likeness (QED) is 0.876. The average Bonchev–Trinajstić information content (AvgIpc) is 2.62. The Labute approximate surface area is 105 Å². The molecule has 0 amide bonds. The van der Waals surface area contributed by atoms with Crippen LogP contribution in [-0.2, 0) is 18.2 Å². The molecule has 0 bridgehead atoms. The van der Waals surface area contributed by atoms with Gasteiger partial charge in [0.15, 0.2) is 0 Å². The van der Waals surface area contributed by atoms with Gasteiger partial charge in [0.1, 0.15) is 11.2 Å². The van der Waals surface area contributed by atoms with Gasteiger partial charge in [0, 0.05) is 25.7 Å². The Kier molecular flexibility index (Phi) is 2.74. The van der Waals surface area contributed by atoms with Crippen molar-refractivity contribution in [1.82, 2.24) is 4.57 Å². The molecule has 3 N–H and O–H groups in total. The molecule has 1 aromatic carbocycles. The van der Waals surface area contributed by atoms with Gasteiger partial charge in [-0.15, -0.1) is 0 Å². The van der Waals surface area contributed by atoms with Crippen LogP contribution < -0.4 is 5.73 Å². The number of halogens is 1. The summed E-state index contributed by atoms with van der Waals surface area (Å²) in [6.45, 7) is 0. The first-order chi connectivity index (χ1) is 8.56. The standard InChI is InChI=1S/C12H13ClN2O2/c1-15-10-5-3-2-4-7(10)8(11(15)13)6-9(14)12(16)17/h2-5,9H,6,14H2,1H3,(H,16,17)/t9-/m0/s1/i1D. The molecule has 0 fully saturated rings. The number of aliphatic carboxylic acids is 1. The third-order valence-corrected chi connectivity index (χ3v) is 3.18. The van der Waals surface area contributed by atoms with Gasteiger partial charge in [-0.25, -0.2) is 0 Å². The number of para-hydroxylation sites is 1. The smallest absolute Gasteiger partial charge is 0.320 e. The third kappa shape index (κ3) is 2.01. The Balaban J connectivity index is 2.56. The summed E-state index contributed by atoms with van der Waals surface area (Å²) >= 11 is 6.20. The highest BCUT2D eigenvalue weighted by atomic mass is 35.5. The first-order valence-electron chi connectivity index (χ1n) is 5.80. The second-order valence-electron chi connectivity index (χ2n) is 3.86. The summed E-state index contributed by atoms with van der Waals surface area (Å²) in [4.78, 5) is 10.8. The number of nitrogens with two attached hydrogens (primary N) is 1. The first kappa shape index (κ1) is 10.6. The van der Waals surface area contributed by atoms with Crippen LogP contribution >= 0.6 is 11.6 Å². The highest BCUT2D eigenvalue weighted by molar-refractivity contribution is 6.32. The number of nitrogens with zero attached hydrogens (tertiary/aromatic N) is 1. The topological polar surface area (TPSA) is 68.2 Å². The minimum atomic E-state index is -1.06. The van der Waals surface area contributed by atoms with Gasteiger partial charge >= 0.3 is 5.97 Å². The van der Waals surface area contributed by atoms with Gasteiger partial charge < -0.3 is 15.4 Å². The Hall–Kier alpha value is -1.52. The van der Waals surface area contributed by atoms with Crippen LogP contribution in [0.1, 0.15) is 6.93 Å². The Morgan fingerprint density at radius 2 is 2.35 bits per heavy atom. The van der Waals surface area contributed by atoms with E-state index >= 15 is 0 Å². The lowest BCUT2D eigenvalue weighted by molar-refractivity contribution is -0.138. The molecule has 0 spiro atoms. The number of aromatic nitrogens is 1. The van der Waals surface area contributed by atoms with Gasteiger partial charge in [0.25, 0.3) is 0 Å². The monoisotopic (exact) mass is 253 g/mol.